The molecule has 0 unspecified atom stereocenters. The highest BCUT2D eigenvalue weighted by Gasteiger charge is 2.25. The summed E-state index contributed by atoms with van der Waals surface area (Å²) in [6, 6.07) is 16.7. The van der Waals surface area contributed by atoms with Gasteiger partial charge in [0.1, 0.15) is 16.9 Å². The molecule has 1 aliphatic rings. The molecule has 3 heterocycles. The van der Waals surface area contributed by atoms with Crippen LogP contribution in [-0.2, 0) is 13.1 Å². The van der Waals surface area contributed by atoms with Gasteiger partial charge in [-0.25, -0.2) is 9.97 Å². The van der Waals surface area contributed by atoms with E-state index in [0.29, 0.717) is 50.9 Å². The van der Waals surface area contributed by atoms with Gasteiger partial charge in [0.05, 0.1) is 38.9 Å². The number of amides is 1. The monoisotopic (exact) mass is 541 g/mol. The Morgan fingerprint density at radius 2 is 1.62 bits per heavy atom. The van der Waals surface area contributed by atoms with E-state index in [-0.39, 0.29) is 37.2 Å². The van der Waals surface area contributed by atoms with Crippen LogP contribution >= 0.6 is 0 Å². The molecule has 40 heavy (non-hydrogen) atoms. The number of para-hydroxylation sites is 2. The van der Waals surface area contributed by atoms with Crippen molar-refractivity contribution in [1.29, 1.82) is 0 Å². The van der Waals surface area contributed by atoms with Crippen LogP contribution in [0.25, 0.3) is 22.2 Å². The fourth-order valence-corrected chi connectivity index (χ4v) is 4.83. The predicted octanol–water partition coefficient (Wildman–Crippen LogP) is 3.90. The van der Waals surface area contributed by atoms with Crippen LogP contribution in [0.2, 0.25) is 0 Å². The molecule has 1 aliphatic heterocycles. The summed E-state index contributed by atoms with van der Waals surface area (Å²) < 4.78 is 29.1. The predicted molar refractivity (Wildman–Crippen MR) is 148 cm³/mol. The Labute approximate surface area is 229 Å². The molecule has 0 spiro atoms. The number of anilines is 1. The topological polar surface area (TPSA) is 132 Å². The number of nitrogens with two attached hydrogens (primary N) is 1. The number of methoxy groups -OCH3 is 3. The highest BCUT2D eigenvalue weighted by Crippen LogP contribution is 2.39. The van der Waals surface area contributed by atoms with Gasteiger partial charge in [-0.05, 0) is 47.5 Å². The Morgan fingerprint density at radius 3 is 2.33 bits per heavy atom. The number of carbonyl (C=O) groups excluding carboxylic acids is 1. The molecule has 5 aromatic rings. The summed E-state index contributed by atoms with van der Waals surface area (Å²) >= 11 is 0. The Hall–Kier alpha value is -5.19. The van der Waals surface area contributed by atoms with Crippen LogP contribution in [0.3, 0.4) is 0 Å². The zero-order valence-electron chi connectivity index (χ0n) is 22.2. The molecule has 0 saturated carbocycles. The Kier molecular flexibility index (Phi) is 6.39. The van der Waals surface area contributed by atoms with Crippen molar-refractivity contribution in [1.82, 2.24) is 19.9 Å². The molecular formula is C29H27N5O6. The van der Waals surface area contributed by atoms with Crippen LogP contribution in [-0.4, -0.2) is 48.6 Å². The highest BCUT2D eigenvalue weighted by molar-refractivity contribution is 6.10. The van der Waals surface area contributed by atoms with Crippen molar-refractivity contribution in [2.24, 2.45) is 0 Å². The maximum Gasteiger partial charge on any atom is 0.257 e. The van der Waals surface area contributed by atoms with Crippen molar-refractivity contribution < 1.29 is 28.5 Å². The lowest BCUT2D eigenvalue weighted by Gasteiger charge is -2.15. The molecule has 204 valence electrons. The van der Waals surface area contributed by atoms with Gasteiger partial charge in [0.25, 0.3) is 5.91 Å². The van der Waals surface area contributed by atoms with E-state index in [4.69, 9.17) is 39.4 Å². The number of aromatic nitrogens is 3. The number of rotatable bonds is 8. The molecule has 1 amide bonds. The highest BCUT2D eigenvalue weighted by atomic mass is 16.7. The van der Waals surface area contributed by atoms with Gasteiger partial charge in [-0.15, -0.1) is 0 Å². The minimum atomic E-state index is -0.367. The smallest absolute Gasteiger partial charge is 0.257 e. The van der Waals surface area contributed by atoms with Crippen LogP contribution in [0.4, 0.5) is 5.82 Å². The second-order valence-electron chi connectivity index (χ2n) is 9.13. The molecule has 0 bridgehead atoms. The minimum absolute atomic E-state index is 0.180. The molecule has 3 N–H and O–H groups in total. The zero-order chi connectivity index (χ0) is 27.8. The van der Waals surface area contributed by atoms with Crippen LogP contribution in [0.5, 0.6) is 28.7 Å². The third-order valence-electron chi connectivity index (χ3n) is 6.77. The standard InChI is InChI=1S/C29H27N5O6/c1-36-22-11-17(12-23(37-2)26(22)38-3)14-34-27(30)24(25-28(34)33-19-7-5-4-6-18(19)32-25)29(35)31-13-16-8-9-20-21(10-16)40-15-39-20/h4-12H,13-15,30H2,1-3H3,(H,31,35). The van der Waals surface area contributed by atoms with Crippen molar-refractivity contribution in [3.63, 3.8) is 0 Å². The van der Waals surface area contributed by atoms with Gasteiger partial charge in [-0.3, -0.25) is 4.79 Å². The summed E-state index contributed by atoms with van der Waals surface area (Å²) in [5.74, 6) is 2.68. The number of nitrogens with zero attached hydrogens (tertiary/aromatic N) is 3. The molecule has 0 atom stereocenters. The van der Waals surface area contributed by atoms with E-state index in [1.807, 2.05) is 54.6 Å². The van der Waals surface area contributed by atoms with Crippen molar-refractivity contribution in [3.8, 4) is 28.7 Å². The van der Waals surface area contributed by atoms with Crippen LogP contribution < -0.4 is 34.7 Å². The van der Waals surface area contributed by atoms with E-state index >= 15 is 0 Å². The van der Waals surface area contributed by atoms with E-state index < -0.39 is 0 Å². The van der Waals surface area contributed by atoms with Crippen molar-refractivity contribution in [3.05, 3.63) is 71.3 Å². The molecule has 0 aliphatic carbocycles. The van der Waals surface area contributed by atoms with E-state index in [9.17, 15) is 4.79 Å². The van der Waals surface area contributed by atoms with E-state index in [1.165, 1.54) is 0 Å². The average Bonchev–Trinajstić information content (AvgIpc) is 3.55. The van der Waals surface area contributed by atoms with E-state index in [2.05, 4.69) is 5.32 Å². The summed E-state index contributed by atoms with van der Waals surface area (Å²) in [5.41, 5.74) is 10.8. The molecule has 6 rings (SSSR count). The van der Waals surface area contributed by atoms with Crippen LogP contribution in [0.1, 0.15) is 21.5 Å². The largest absolute Gasteiger partial charge is 0.493 e. The van der Waals surface area contributed by atoms with Crippen molar-refractivity contribution >= 4 is 33.9 Å². The normalized spacial score (nSPS) is 12.1. The Bertz CT molecular complexity index is 1740. The molecule has 0 radical (unpaired) electrons. The minimum Gasteiger partial charge on any atom is -0.493 e. The number of nitrogen functional groups attached to an aromatic ring is 1. The lowest BCUT2D eigenvalue weighted by atomic mass is 10.1. The SMILES string of the molecule is COc1cc(Cn2c(N)c(C(=O)NCc3ccc4c(c3)OCO4)c3nc4ccccc4nc32)cc(OC)c1OC. The fraction of sp³-hybridized carbons (Fsp3) is 0.207. The molecule has 11 nitrogen and oxygen atoms in total. The maximum absolute atomic E-state index is 13.6. The van der Waals surface area contributed by atoms with Gasteiger partial charge >= 0.3 is 0 Å². The molecule has 3 aromatic carbocycles. The lowest BCUT2D eigenvalue weighted by Crippen LogP contribution is -2.24. The number of ether oxygens (including phenoxy) is 5. The van der Waals surface area contributed by atoms with Crippen LogP contribution in [0.15, 0.2) is 54.6 Å². The Morgan fingerprint density at radius 1 is 0.925 bits per heavy atom. The van der Waals surface area contributed by atoms with Gasteiger partial charge in [0.2, 0.25) is 12.5 Å². The number of carbonyl (C=O) groups is 1. The van der Waals surface area contributed by atoms with E-state index in [1.54, 1.807) is 25.9 Å². The third kappa shape index (κ3) is 4.31. The first kappa shape index (κ1) is 25.1. The summed E-state index contributed by atoms with van der Waals surface area (Å²) in [6.07, 6.45) is 0. The molecular weight excluding hydrogens is 514 g/mol. The van der Waals surface area contributed by atoms with E-state index in [0.717, 1.165) is 11.1 Å². The zero-order valence-corrected chi connectivity index (χ0v) is 22.2. The number of hydrogen-bond acceptors (Lipinski definition) is 9. The summed E-state index contributed by atoms with van der Waals surface area (Å²) in [4.78, 5) is 23.2. The van der Waals surface area contributed by atoms with Crippen molar-refractivity contribution in [2.45, 2.75) is 13.1 Å². The third-order valence-corrected chi connectivity index (χ3v) is 6.77. The number of benzene rings is 3. The molecule has 11 heteroatoms. The average molecular weight is 542 g/mol. The number of hydrogen-bond donors (Lipinski definition) is 2. The molecule has 0 fully saturated rings. The van der Waals surface area contributed by atoms with Gasteiger partial charge in [-0.1, -0.05) is 18.2 Å². The van der Waals surface area contributed by atoms with Gasteiger partial charge in [0.15, 0.2) is 28.6 Å². The molecule has 0 saturated heterocycles. The maximum atomic E-state index is 13.6. The molecule has 2 aromatic heterocycles. The number of nitrogens with one attached hydrogen (secondary N) is 1. The first-order valence-electron chi connectivity index (χ1n) is 12.5. The van der Waals surface area contributed by atoms with Gasteiger partial charge in [0, 0.05) is 6.54 Å². The Balaban J connectivity index is 1.41. The first-order chi connectivity index (χ1) is 19.5. The second kappa shape index (κ2) is 10.2. The first-order valence-corrected chi connectivity index (χ1v) is 12.5. The van der Waals surface area contributed by atoms with Gasteiger partial charge < -0.3 is 39.3 Å². The summed E-state index contributed by atoms with van der Waals surface area (Å²) in [6.45, 7) is 0.719. The summed E-state index contributed by atoms with van der Waals surface area (Å²) in [7, 11) is 4.66. The number of fused-ring (bicyclic) bond motifs is 3. The van der Waals surface area contributed by atoms with Crippen molar-refractivity contribution in [2.75, 3.05) is 33.9 Å². The quantitative estimate of drug-likeness (QED) is 0.300. The fourth-order valence-electron chi connectivity index (χ4n) is 4.83. The second-order valence-corrected chi connectivity index (χ2v) is 9.13. The lowest BCUT2D eigenvalue weighted by molar-refractivity contribution is 0.0953. The van der Waals surface area contributed by atoms with Gasteiger partial charge in [-0.2, -0.15) is 0 Å². The van der Waals surface area contributed by atoms with Crippen LogP contribution in [0, 0.1) is 0 Å². The summed E-state index contributed by atoms with van der Waals surface area (Å²) in [5, 5.41) is 2.96.